The van der Waals surface area contributed by atoms with E-state index in [1.165, 1.54) is 19.3 Å². The standard InChI is InChI=1S/C10H22N2O2S/c1-2-9-15(13,14)10-6-11-12-7-4-3-5-8-12/h11H,2-10H2,1H3. The van der Waals surface area contributed by atoms with Gasteiger partial charge in [-0.05, 0) is 19.3 Å². The molecule has 5 heteroatoms. The molecule has 1 heterocycles. The average Bonchev–Trinajstić information content (AvgIpc) is 2.19. The van der Waals surface area contributed by atoms with Gasteiger partial charge in [-0.25, -0.2) is 13.4 Å². The third-order valence-electron chi connectivity index (χ3n) is 2.62. The Labute approximate surface area is 92.9 Å². The second-order valence-electron chi connectivity index (χ2n) is 4.11. The fraction of sp³-hybridized carbons (Fsp3) is 1.00. The Bertz CT molecular complexity index is 259. The van der Waals surface area contributed by atoms with Crippen LogP contribution in [-0.2, 0) is 9.84 Å². The number of piperidine rings is 1. The monoisotopic (exact) mass is 234 g/mol. The molecule has 0 spiro atoms. The van der Waals surface area contributed by atoms with Gasteiger partial charge in [-0.3, -0.25) is 5.43 Å². The molecular formula is C10H22N2O2S. The van der Waals surface area contributed by atoms with E-state index in [-0.39, 0.29) is 5.75 Å². The van der Waals surface area contributed by atoms with Crippen LogP contribution in [-0.4, -0.2) is 44.6 Å². The highest BCUT2D eigenvalue weighted by Crippen LogP contribution is 2.05. The molecule has 0 saturated carbocycles. The van der Waals surface area contributed by atoms with Crippen molar-refractivity contribution in [3.05, 3.63) is 0 Å². The number of hydrogen-bond donors (Lipinski definition) is 1. The number of hydrazine groups is 1. The highest BCUT2D eigenvalue weighted by Gasteiger charge is 2.12. The molecule has 15 heavy (non-hydrogen) atoms. The van der Waals surface area contributed by atoms with Gasteiger partial charge >= 0.3 is 0 Å². The van der Waals surface area contributed by atoms with Gasteiger partial charge in [0, 0.05) is 25.4 Å². The summed E-state index contributed by atoms with van der Waals surface area (Å²) < 4.78 is 22.8. The Morgan fingerprint density at radius 2 is 1.80 bits per heavy atom. The van der Waals surface area contributed by atoms with Crippen molar-refractivity contribution in [1.82, 2.24) is 10.4 Å². The summed E-state index contributed by atoms with van der Waals surface area (Å²) in [4.78, 5) is 0. The lowest BCUT2D eigenvalue weighted by Gasteiger charge is -2.26. The van der Waals surface area contributed by atoms with Crippen LogP contribution in [0.3, 0.4) is 0 Å². The van der Waals surface area contributed by atoms with E-state index in [0.717, 1.165) is 13.1 Å². The number of hydrogen-bond acceptors (Lipinski definition) is 4. The summed E-state index contributed by atoms with van der Waals surface area (Å²) in [6.07, 6.45) is 4.45. The lowest BCUT2D eigenvalue weighted by Crippen LogP contribution is -2.43. The first-order chi connectivity index (χ1) is 7.14. The molecule has 90 valence electrons. The molecule has 1 aliphatic rings. The fourth-order valence-electron chi connectivity index (χ4n) is 1.82. The van der Waals surface area contributed by atoms with Crippen molar-refractivity contribution in [2.45, 2.75) is 32.6 Å². The van der Waals surface area contributed by atoms with Crippen LogP contribution in [0, 0.1) is 0 Å². The normalized spacial score (nSPS) is 19.3. The number of nitrogens with zero attached hydrogens (tertiary/aromatic N) is 1. The van der Waals surface area contributed by atoms with Gasteiger partial charge in [0.25, 0.3) is 0 Å². The number of sulfone groups is 1. The van der Waals surface area contributed by atoms with Crippen molar-refractivity contribution in [1.29, 1.82) is 0 Å². The third-order valence-corrected chi connectivity index (χ3v) is 4.48. The summed E-state index contributed by atoms with van der Waals surface area (Å²) in [5.41, 5.74) is 3.19. The molecule has 0 bridgehead atoms. The van der Waals surface area contributed by atoms with E-state index in [9.17, 15) is 8.42 Å². The zero-order valence-electron chi connectivity index (χ0n) is 9.54. The molecule has 0 aromatic heterocycles. The molecule has 1 fully saturated rings. The second-order valence-corrected chi connectivity index (χ2v) is 6.41. The summed E-state index contributed by atoms with van der Waals surface area (Å²) in [6, 6.07) is 0. The summed E-state index contributed by atoms with van der Waals surface area (Å²) in [6.45, 7) is 4.56. The molecule has 0 radical (unpaired) electrons. The van der Waals surface area contributed by atoms with Crippen molar-refractivity contribution in [2.24, 2.45) is 0 Å². The van der Waals surface area contributed by atoms with E-state index in [4.69, 9.17) is 0 Å². The van der Waals surface area contributed by atoms with Gasteiger partial charge in [-0.1, -0.05) is 13.3 Å². The van der Waals surface area contributed by atoms with Crippen LogP contribution in [0.4, 0.5) is 0 Å². The molecule has 4 nitrogen and oxygen atoms in total. The maximum absolute atomic E-state index is 11.4. The third kappa shape index (κ3) is 5.49. The van der Waals surface area contributed by atoms with Gasteiger partial charge in [0.05, 0.1) is 5.75 Å². The SMILES string of the molecule is CCCS(=O)(=O)CCNN1CCCCC1. The van der Waals surface area contributed by atoms with Crippen LogP contribution in [0.25, 0.3) is 0 Å². The van der Waals surface area contributed by atoms with Gasteiger partial charge in [0.2, 0.25) is 0 Å². The number of nitrogens with one attached hydrogen (secondary N) is 1. The van der Waals surface area contributed by atoms with E-state index in [0.29, 0.717) is 18.7 Å². The lowest BCUT2D eigenvalue weighted by molar-refractivity contribution is 0.159. The van der Waals surface area contributed by atoms with Gasteiger partial charge in [0.1, 0.15) is 0 Å². The van der Waals surface area contributed by atoms with Gasteiger partial charge < -0.3 is 0 Å². The molecule has 0 amide bonds. The first-order valence-electron chi connectivity index (χ1n) is 5.83. The second kappa shape index (κ2) is 6.45. The maximum atomic E-state index is 11.4. The van der Waals surface area contributed by atoms with Crippen molar-refractivity contribution < 1.29 is 8.42 Å². The summed E-state index contributed by atoms with van der Waals surface area (Å²) in [5, 5.41) is 2.14. The van der Waals surface area contributed by atoms with Crippen LogP contribution in [0.15, 0.2) is 0 Å². The van der Waals surface area contributed by atoms with Gasteiger partial charge in [-0.2, -0.15) is 0 Å². The summed E-state index contributed by atoms with van der Waals surface area (Å²) in [5.74, 6) is 0.575. The molecule has 1 N–H and O–H groups in total. The molecule has 1 aliphatic heterocycles. The Morgan fingerprint density at radius 3 is 2.40 bits per heavy atom. The van der Waals surface area contributed by atoms with Gasteiger partial charge in [-0.15, -0.1) is 0 Å². The molecule has 0 aliphatic carbocycles. The zero-order valence-corrected chi connectivity index (χ0v) is 10.4. The highest BCUT2D eigenvalue weighted by atomic mass is 32.2. The van der Waals surface area contributed by atoms with E-state index in [1.807, 2.05) is 6.92 Å². The minimum absolute atomic E-state index is 0.261. The molecule has 0 aromatic carbocycles. The van der Waals surface area contributed by atoms with Crippen molar-refractivity contribution in [3.8, 4) is 0 Å². The van der Waals surface area contributed by atoms with Crippen LogP contribution < -0.4 is 5.43 Å². The van der Waals surface area contributed by atoms with E-state index < -0.39 is 9.84 Å². The predicted molar refractivity (Wildman–Crippen MR) is 62.4 cm³/mol. The summed E-state index contributed by atoms with van der Waals surface area (Å²) >= 11 is 0. The number of rotatable bonds is 6. The average molecular weight is 234 g/mol. The van der Waals surface area contributed by atoms with Crippen LogP contribution in [0.1, 0.15) is 32.6 Å². The Morgan fingerprint density at radius 1 is 1.13 bits per heavy atom. The molecule has 0 aromatic rings. The molecular weight excluding hydrogens is 212 g/mol. The van der Waals surface area contributed by atoms with Crippen molar-refractivity contribution in [3.63, 3.8) is 0 Å². The molecule has 1 saturated heterocycles. The van der Waals surface area contributed by atoms with E-state index in [1.54, 1.807) is 0 Å². The van der Waals surface area contributed by atoms with Crippen LogP contribution in [0.2, 0.25) is 0 Å². The first kappa shape index (κ1) is 12.9. The van der Waals surface area contributed by atoms with Crippen molar-refractivity contribution in [2.75, 3.05) is 31.1 Å². The fourth-order valence-corrected chi connectivity index (χ4v) is 3.05. The quantitative estimate of drug-likeness (QED) is 0.738. The Balaban J connectivity index is 2.14. The largest absolute Gasteiger partial charge is 0.254 e. The highest BCUT2D eigenvalue weighted by molar-refractivity contribution is 7.91. The smallest absolute Gasteiger partial charge is 0.151 e. The molecule has 1 rings (SSSR count). The van der Waals surface area contributed by atoms with E-state index >= 15 is 0 Å². The lowest BCUT2D eigenvalue weighted by atomic mass is 10.2. The van der Waals surface area contributed by atoms with Gasteiger partial charge in [0.15, 0.2) is 9.84 Å². The summed E-state index contributed by atoms with van der Waals surface area (Å²) in [7, 11) is -2.82. The maximum Gasteiger partial charge on any atom is 0.151 e. The Hall–Kier alpha value is -0.130. The first-order valence-corrected chi connectivity index (χ1v) is 7.65. The van der Waals surface area contributed by atoms with E-state index in [2.05, 4.69) is 10.4 Å². The van der Waals surface area contributed by atoms with Crippen molar-refractivity contribution >= 4 is 9.84 Å². The predicted octanol–water partition coefficient (Wildman–Crippen LogP) is 0.802. The Kier molecular flexibility index (Phi) is 5.56. The minimum Gasteiger partial charge on any atom is -0.254 e. The van der Waals surface area contributed by atoms with Crippen LogP contribution in [0.5, 0.6) is 0 Å². The van der Waals surface area contributed by atoms with Crippen LogP contribution >= 0.6 is 0 Å². The minimum atomic E-state index is -2.82. The molecule has 0 atom stereocenters. The zero-order chi connectivity index (χ0) is 11.1. The topological polar surface area (TPSA) is 49.4 Å². The molecule has 0 unspecified atom stereocenters.